The van der Waals surface area contributed by atoms with Crippen molar-refractivity contribution >= 4 is 16.9 Å². The summed E-state index contributed by atoms with van der Waals surface area (Å²) in [5.41, 5.74) is 5.55. The molecule has 0 saturated carbocycles. The van der Waals surface area contributed by atoms with Gasteiger partial charge in [-0.3, -0.25) is 9.59 Å². The van der Waals surface area contributed by atoms with Gasteiger partial charge in [-0.15, -0.1) is 0 Å². The van der Waals surface area contributed by atoms with Crippen molar-refractivity contribution in [3.8, 4) is 11.5 Å². The van der Waals surface area contributed by atoms with Crippen molar-refractivity contribution in [3.05, 3.63) is 104 Å². The molecule has 0 spiro atoms. The molecule has 184 valence electrons. The topological polar surface area (TPSA) is 69.0 Å². The maximum atomic E-state index is 13.8. The number of carbonyl (C=O) groups excluding carboxylic acids is 1. The normalized spacial score (nSPS) is 14.9. The lowest BCUT2D eigenvalue weighted by molar-refractivity contribution is 0.0730. The predicted octanol–water partition coefficient (Wildman–Crippen LogP) is 5.52. The van der Waals surface area contributed by atoms with Crippen molar-refractivity contribution < 1.29 is 18.7 Å². The molecule has 0 radical (unpaired) electrons. The van der Waals surface area contributed by atoms with Gasteiger partial charge < -0.3 is 18.8 Å². The number of hydrogen-bond acceptors (Lipinski definition) is 5. The van der Waals surface area contributed by atoms with Crippen LogP contribution in [0, 0.1) is 20.8 Å². The van der Waals surface area contributed by atoms with E-state index in [0.29, 0.717) is 41.0 Å². The van der Waals surface area contributed by atoms with E-state index in [-0.39, 0.29) is 17.1 Å². The molecule has 36 heavy (non-hydrogen) atoms. The van der Waals surface area contributed by atoms with Crippen LogP contribution in [0.4, 0.5) is 0 Å². The van der Waals surface area contributed by atoms with Crippen LogP contribution in [0.15, 0.2) is 63.8 Å². The fraction of sp³-hybridized carbons (Fsp3) is 0.267. The molecule has 0 saturated heterocycles. The van der Waals surface area contributed by atoms with Gasteiger partial charge in [-0.1, -0.05) is 42.0 Å². The molecule has 4 aromatic rings. The van der Waals surface area contributed by atoms with Crippen LogP contribution in [0.5, 0.6) is 11.5 Å². The second-order valence-electron chi connectivity index (χ2n) is 9.38. The first kappa shape index (κ1) is 23.7. The Kier molecular flexibility index (Phi) is 6.04. The molecule has 0 N–H and O–H groups in total. The molecule has 6 heteroatoms. The van der Waals surface area contributed by atoms with E-state index in [1.54, 1.807) is 19.1 Å². The second-order valence-corrected chi connectivity index (χ2v) is 9.38. The summed E-state index contributed by atoms with van der Waals surface area (Å²) in [5, 5.41) is 0.512. The molecule has 1 aliphatic rings. The molecule has 1 atom stereocenters. The predicted molar refractivity (Wildman–Crippen MR) is 139 cm³/mol. The van der Waals surface area contributed by atoms with E-state index in [1.807, 2.05) is 75.4 Å². The van der Waals surface area contributed by atoms with E-state index < -0.39 is 6.04 Å². The number of ether oxygens (including phenoxy) is 2. The summed E-state index contributed by atoms with van der Waals surface area (Å²) in [5.74, 6) is 1.15. The Bertz CT molecular complexity index is 1530. The quantitative estimate of drug-likeness (QED) is 0.361. The van der Waals surface area contributed by atoms with Gasteiger partial charge in [-0.05, 0) is 67.6 Å². The molecule has 1 aliphatic heterocycles. The van der Waals surface area contributed by atoms with Crippen LogP contribution in [0.25, 0.3) is 11.0 Å². The largest absolute Gasteiger partial charge is 0.493 e. The summed E-state index contributed by atoms with van der Waals surface area (Å²) < 4.78 is 17.0. The van der Waals surface area contributed by atoms with E-state index in [0.717, 1.165) is 27.8 Å². The summed E-state index contributed by atoms with van der Waals surface area (Å²) >= 11 is 0. The van der Waals surface area contributed by atoms with Gasteiger partial charge >= 0.3 is 0 Å². The molecule has 1 amide bonds. The van der Waals surface area contributed by atoms with Gasteiger partial charge in [0.05, 0.1) is 31.2 Å². The molecule has 5 rings (SSSR count). The van der Waals surface area contributed by atoms with E-state index >= 15 is 0 Å². The van der Waals surface area contributed by atoms with Crippen molar-refractivity contribution in [2.75, 3.05) is 20.8 Å². The molecule has 3 aromatic carbocycles. The lowest BCUT2D eigenvalue weighted by atomic mass is 9.96. The van der Waals surface area contributed by atoms with Crippen LogP contribution >= 0.6 is 0 Å². The lowest BCUT2D eigenvalue weighted by Gasteiger charge is -2.25. The lowest BCUT2D eigenvalue weighted by Crippen LogP contribution is -2.31. The van der Waals surface area contributed by atoms with Gasteiger partial charge in [-0.2, -0.15) is 0 Å². The maximum absolute atomic E-state index is 13.8. The molecular weight excluding hydrogens is 454 g/mol. The Balaban J connectivity index is 1.61. The van der Waals surface area contributed by atoms with Gasteiger partial charge in [0.2, 0.25) is 5.76 Å². The van der Waals surface area contributed by atoms with Crippen molar-refractivity contribution in [3.63, 3.8) is 0 Å². The van der Waals surface area contributed by atoms with E-state index in [1.165, 1.54) is 0 Å². The number of amides is 1. The minimum absolute atomic E-state index is 0.136. The van der Waals surface area contributed by atoms with Gasteiger partial charge in [-0.25, -0.2) is 0 Å². The number of benzene rings is 3. The number of aryl methyl sites for hydroxylation is 3. The average Bonchev–Trinajstić information content (AvgIpc) is 3.15. The first-order valence-corrected chi connectivity index (χ1v) is 12.0. The van der Waals surface area contributed by atoms with Gasteiger partial charge in [0, 0.05) is 6.54 Å². The minimum Gasteiger partial charge on any atom is -0.493 e. The fourth-order valence-electron chi connectivity index (χ4n) is 5.09. The molecule has 0 unspecified atom stereocenters. The Morgan fingerprint density at radius 1 is 0.861 bits per heavy atom. The zero-order valence-electron chi connectivity index (χ0n) is 21.2. The molecule has 0 fully saturated rings. The number of carbonyl (C=O) groups is 1. The van der Waals surface area contributed by atoms with Crippen LogP contribution in [0.2, 0.25) is 0 Å². The first-order chi connectivity index (χ1) is 17.3. The zero-order valence-corrected chi connectivity index (χ0v) is 21.2. The highest BCUT2D eigenvalue weighted by Crippen LogP contribution is 2.39. The van der Waals surface area contributed by atoms with Crippen molar-refractivity contribution in [2.24, 2.45) is 0 Å². The Morgan fingerprint density at radius 2 is 1.58 bits per heavy atom. The van der Waals surface area contributed by atoms with Crippen molar-refractivity contribution in [2.45, 2.75) is 33.2 Å². The standard InChI is InChI=1S/C30H29NO5/c1-17-6-9-21(10-7-17)26-25-27(32)22-15-18(2)14-19(3)28(22)36-29(25)30(33)31(26)13-12-20-8-11-23(34-4)24(16-20)35-5/h6-11,14-16,26H,12-13H2,1-5H3/t26-/m0/s1. The van der Waals surface area contributed by atoms with Crippen LogP contribution < -0.4 is 14.9 Å². The molecule has 0 bridgehead atoms. The van der Waals surface area contributed by atoms with Gasteiger partial charge in [0.1, 0.15) is 5.58 Å². The van der Waals surface area contributed by atoms with Crippen LogP contribution in [0.3, 0.4) is 0 Å². The average molecular weight is 484 g/mol. The third-order valence-electron chi connectivity index (χ3n) is 6.88. The Hall–Kier alpha value is -4.06. The van der Waals surface area contributed by atoms with Crippen molar-refractivity contribution in [1.82, 2.24) is 4.90 Å². The van der Waals surface area contributed by atoms with Crippen molar-refractivity contribution in [1.29, 1.82) is 0 Å². The number of hydrogen-bond donors (Lipinski definition) is 0. The fourth-order valence-corrected chi connectivity index (χ4v) is 5.09. The van der Waals surface area contributed by atoms with E-state index in [9.17, 15) is 9.59 Å². The zero-order chi connectivity index (χ0) is 25.6. The Morgan fingerprint density at radius 3 is 2.28 bits per heavy atom. The summed E-state index contributed by atoms with van der Waals surface area (Å²) in [6, 6.07) is 17.0. The molecule has 1 aromatic heterocycles. The smallest absolute Gasteiger partial charge is 0.290 e. The summed E-state index contributed by atoms with van der Waals surface area (Å²) in [4.78, 5) is 29.3. The van der Waals surface area contributed by atoms with E-state index in [4.69, 9.17) is 13.9 Å². The van der Waals surface area contributed by atoms with E-state index in [2.05, 4.69) is 0 Å². The molecule has 0 aliphatic carbocycles. The number of methoxy groups -OCH3 is 2. The highest BCUT2D eigenvalue weighted by molar-refractivity contribution is 5.99. The molecule has 6 nitrogen and oxygen atoms in total. The van der Waals surface area contributed by atoms with Gasteiger partial charge in [0.15, 0.2) is 16.9 Å². The second kappa shape index (κ2) is 9.19. The SMILES string of the molecule is COc1ccc(CCN2C(=O)c3oc4c(C)cc(C)cc4c(=O)c3[C@@H]2c2ccc(C)cc2)cc1OC. The Labute approximate surface area is 210 Å². The number of rotatable bonds is 6. The third-order valence-corrected chi connectivity index (χ3v) is 6.88. The van der Waals surface area contributed by atoms with Crippen LogP contribution in [0.1, 0.15) is 50.0 Å². The summed E-state index contributed by atoms with van der Waals surface area (Å²) in [6.45, 7) is 6.28. The maximum Gasteiger partial charge on any atom is 0.290 e. The molecule has 2 heterocycles. The first-order valence-electron chi connectivity index (χ1n) is 12.0. The summed E-state index contributed by atoms with van der Waals surface area (Å²) in [7, 11) is 3.20. The third kappa shape index (κ3) is 3.92. The van der Waals surface area contributed by atoms with Crippen LogP contribution in [-0.2, 0) is 6.42 Å². The van der Waals surface area contributed by atoms with Crippen LogP contribution in [-0.4, -0.2) is 31.6 Å². The summed E-state index contributed by atoms with van der Waals surface area (Å²) in [6.07, 6.45) is 0.578. The van der Waals surface area contributed by atoms with Gasteiger partial charge in [0.25, 0.3) is 5.91 Å². The monoisotopic (exact) mass is 483 g/mol. The molecular formula is C30H29NO5. The highest BCUT2D eigenvalue weighted by Gasteiger charge is 2.42. The minimum atomic E-state index is -0.519. The number of nitrogens with zero attached hydrogens (tertiary/aromatic N) is 1. The number of fused-ring (bicyclic) bond motifs is 2. The highest BCUT2D eigenvalue weighted by atomic mass is 16.5.